The molecule has 1 saturated heterocycles. The third-order valence-corrected chi connectivity index (χ3v) is 5.59. The molecular weight excluding hydrogens is 330 g/mol. The summed E-state index contributed by atoms with van der Waals surface area (Å²) in [6, 6.07) is 16.2. The number of anilines is 1. The van der Waals surface area contributed by atoms with Crippen LogP contribution in [-0.2, 0) is 10.2 Å². The molecule has 3 nitrogen and oxygen atoms in total. The van der Waals surface area contributed by atoms with Gasteiger partial charge in [0.1, 0.15) is 0 Å². The Labute approximate surface area is 154 Å². The predicted octanol–water partition coefficient (Wildman–Crippen LogP) is 4.41. The summed E-state index contributed by atoms with van der Waals surface area (Å²) in [5.41, 5.74) is 2.40. The zero-order chi connectivity index (χ0) is 17.9. The second-order valence-electron chi connectivity index (χ2n) is 6.80. The molecule has 0 N–H and O–H groups in total. The third kappa shape index (κ3) is 3.75. The Morgan fingerprint density at radius 2 is 1.68 bits per heavy atom. The number of thioether (sulfide) groups is 1. The van der Waals surface area contributed by atoms with E-state index in [2.05, 4.69) is 17.0 Å². The molecule has 1 aliphatic heterocycles. The highest BCUT2D eigenvalue weighted by Crippen LogP contribution is 2.35. The molecule has 25 heavy (non-hydrogen) atoms. The van der Waals surface area contributed by atoms with Gasteiger partial charge in [0.2, 0.25) is 0 Å². The Morgan fingerprint density at radius 3 is 2.32 bits per heavy atom. The van der Waals surface area contributed by atoms with Gasteiger partial charge >= 0.3 is 0 Å². The Kier molecular flexibility index (Phi) is 5.50. The van der Waals surface area contributed by atoms with Crippen molar-refractivity contribution in [2.75, 3.05) is 37.5 Å². The van der Waals surface area contributed by atoms with E-state index in [1.165, 1.54) is 4.90 Å². The van der Waals surface area contributed by atoms with Crippen molar-refractivity contribution in [1.29, 1.82) is 0 Å². The fourth-order valence-corrected chi connectivity index (χ4v) is 3.72. The lowest BCUT2D eigenvalue weighted by atomic mass is 9.77. The number of rotatable bonds is 5. The van der Waals surface area contributed by atoms with Crippen molar-refractivity contribution in [1.82, 2.24) is 0 Å². The highest BCUT2D eigenvalue weighted by Gasteiger charge is 2.33. The van der Waals surface area contributed by atoms with Gasteiger partial charge in [-0.2, -0.15) is 0 Å². The standard InChI is InChI=1S/C21H25NO2S/c1-21(2,20(23)16-8-10-17(25-3)11-9-16)18-6-4-5-7-19(18)22-12-14-24-15-13-22/h4-11H,12-15H2,1-3H3. The summed E-state index contributed by atoms with van der Waals surface area (Å²) in [7, 11) is 0. The first-order chi connectivity index (χ1) is 12.0. The minimum absolute atomic E-state index is 0.154. The van der Waals surface area contributed by atoms with E-state index < -0.39 is 5.41 Å². The molecule has 0 saturated carbocycles. The quantitative estimate of drug-likeness (QED) is 0.587. The van der Waals surface area contributed by atoms with Gasteiger partial charge < -0.3 is 9.64 Å². The highest BCUT2D eigenvalue weighted by atomic mass is 32.2. The molecule has 2 aromatic carbocycles. The molecule has 0 aromatic heterocycles. The van der Waals surface area contributed by atoms with E-state index in [1.807, 2.05) is 56.5 Å². The summed E-state index contributed by atoms with van der Waals surface area (Å²) >= 11 is 1.68. The number of ketones is 1. The molecule has 0 spiro atoms. The van der Waals surface area contributed by atoms with Gasteiger partial charge in [-0.25, -0.2) is 0 Å². The average molecular weight is 356 g/mol. The van der Waals surface area contributed by atoms with Crippen molar-refractivity contribution in [2.45, 2.75) is 24.2 Å². The summed E-state index contributed by atoms with van der Waals surface area (Å²) < 4.78 is 5.47. The molecule has 0 atom stereocenters. The fourth-order valence-electron chi connectivity index (χ4n) is 3.31. The molecule has 0 bridgehead atoms. The number of para-hydroxylation sites is 1. The van der Waals surface area contributed by atoms with Crippen molar-refractivity contribution in [2.24, 2.45) is 0 Å². The van der Waals surface area contributed by atoms with Crippen LogP contribution in [0.15, 0.2) is 53.4 Å². The van der Waals surface area contributed by atoms with Crippen LogP contribution in [0.25, 0.3) is 0 Å². The maximum Gasteiger partial charge on any atom is 0.172 e. The SMILES string of the molecule is CSc1ccc(C(=O)C(C)(C)c2ccccc2N2CCOCC2)cc1. The van der Waals surface area contributed by atoms with Crippen LogP contribution in [0, 0.1) is 0 Å². The van der Waals surface area contributed by atoms with Crippen molar-refractivity contribution in [3.8, 4) is 0 Å². The Morgan fingerprint density at radius 1 is 1.04 bits per heavy atom. The third-order valence-electron chi connectivity index (χ3n) is 4.85. The van der Waals surface area contributed by atoms with Crippen molar-refractivity contribution >= 4 is 23.2 Å². The van der Waals surface area contributed by atoms with E-state index in [4.69, 9.17) is 4.74 Å². The number of hydrogen-bond acceptors (Lipinski definition) is 4. The number of carbonyl (C=O) groups excluding carboxylic acids is 1. The first-order valence-corrected chi connectivity index (χ1v) is 9.87. The normalized spacial score (nSPS) is 15.2. The van der Waals surface area contributed by atoms with Crippen LogP contribution in [0.2, 0.25) is 0 Å². The minimum atomic E-state index is -0.588. The predicted molar refractivity (Wildman–Crippen MR) is 105 cm³/mol. The smallest absolute Gasteiger partial charge is 0.172 e. The maximum atomic E-state index is 13.3. The minimum Gasteiger partial charge on any atom is -0.378 e. The zero-order valence-corrected chi connectivity index (χ0v) is 15.9. The van der Waals surface area contributed by atoms with Crippen LogP contribution in [0.1, 0.15) is 29.8 Å². The van der Waals surface area contributed by atoms with Crippen LogP contribution in [-0.4, -0.2) is 38.3 Å². The van der Waals surface area contributed by atoms with Gasteiger partial charge in [0.25, 0.3) is 0 Å². The van der Waals surface area contributed by atoms with E-state index in [0.29, 0.717) is 0 Å². The van der Waals surface area contributed by atoms with Crippen molar-refractivity contribution in [3.05, 3.63) is 59.7 Å². The topological polar surface area (TPSA) is 29.5 Å². The number of benzene rings is 2. The lowest BCUT2D eigenvalue weighted by Gasteiger charge is -2.34. The van der Waals surface area contributed by atoms with Crippen LogP contribution >= 0.6 is 11.8 Å². The summed E-state index contributed by atoms with van der Waals surface area (Å²) in [6.45, 7) is 7.25. The zero-order valence-electron chi connectivity index (χ0n) is 15.1. The van der Waals surface area contributed by atoms with Crippen molar-refractivity contribution < 1.29 is 9.53 Å². The van der Waals surface area contributed by atoms with E-state index in [0.717, 1.165) is 43.1 Å². The van der Waals surface area contributed by atoms with Crippen molar-refractivity contribution in [3.63, 3.8) is 0 Å². The monoisotopic (exact) mass is 355 g/mol. The van der Waals surface area contributed by atoms with E-state index >= 15 is 0 Å². The van der Waals surface area contributed by atoms with Gasteiger partial charge in [-0.1, -0.05) is 30.3 Å². The van der Waals surface area contributed by atoms with Crippen LogP contribution < -0.4 is 4.90 Å². The molecule has 0 radical (unpaired) electrons. The molecule has 0 aliphatic carbocycles. The van der Waals surface area contributed by atoms with E-state index in [9.17, 15) is 4.79 Å². The fraction of sp³-hybridized carbons (Fsp3) is 0.381. The van der Waals surface area contributed by atoms with Gasteiger partial charge in [0, 0.05) is 29.2 Å². The Balaban J connectivity index is 1.94. The number of morpholine rings is 1. The van der Waals surface area contributed by atoms with Gasteiger partial charge in [0.05, 0.1) is 18.6 Å². The average Bonchev–Trinajstić information content (AvgIpc) is 2.68. The molecule has 4 heteroatoms. The molecule has 3 rings (SSSR count). The van der Waals surface area contributed by atoms with Gasteiger partial charge in [-0.15, -0.1) is 11.8 Å². The molecule has 132 valence electrons. The summed E-state index contributed by atoms with van der Waals surface area (Å²) in [4.78, 5) is 16.7. The highest BCUT2D eigenvalue weighted by molar-refractivity contribution is 7.98. The van der Waals surface area contributed by atoms with E-state index in [1.54, 1.807) is 11.8 Å². The van der Waals surface area contributed by atoms with Gasteiger partial charge in [0.15, 0.2) is 5.78 Å². The number of Topliss-reactive ketones (excluding diaryl/α,β-unsaturated/α-hetero) is 1. The largest absolute Gasteiger partial charge is 0.378 e. The second-order valence-corrected chi connectivity index (χ2v) is 7.68. The first kappa shape index (κ1) is 18.0. The molecule has 1 fully saturated rings. The van der Waals surface area contributed by atoms with Crippen LogP contribution in [0.3, 0.4) is 0 Å². The molecule has 1 heterocycles. The lowest BCUT2D eigenvalue weighted by molar-refractivity contribution is 0.0908. The van der Waals surface area contributed by atoms with Gasteiger partial charge in [-0.05, 0) is 43.9 Å². The number of hydrogen-bond donors (Lipinski definition) is 0. The molecule has 1 aliphatic rings. The summed E-state index contributed by atoms with van der Waals surface area (Å²) in [5, 5.41) is 0. The number of carbonyl (C=O) groups is 1. The second kappa shape index (κ2) is 7.63. The maximum absolute atomic E-state index is 13.3. The molecule has 0 amide bonds. The Bertz CT molecular complexity index is 734. The number of ether oxygens (including phenoxy) is 1. The summed E-state index contributed by atoms with van der Waals surface area (Å²) in [6.07, 6.45) is 2.04. The van der Waals surface area contributed by atoms with Crippen LogP contribution in [0.5, 0.6) is 0 Å². The van der Waals surface area contributed by atoms with Crippen LogP contribution in [0.4, 0.5) is 5.69 Å². The van der Waals surface area contributed by atoms with E-state index in [-0.39, 0.29) is 5.78 Å². The first-order valence-electron chi connectivity index (χ1n) is 8.65. The van der Waals surface area contributed by atoms with Gasteiger partial charge in [-0.3, -0.25) is 4.79 Å². The molecule has 2 aromatic rings. The molecular formula is C21H25NO2S. The Hall–Kier alpha value is -1.78. The summed E-state index contributed by atoms with van der Waals surface area (Å²) in [5.74, 6) is 0.154. The number of nitrogens with zero attached hydrogens (tertiary/aromatic N) is 1. The lowest BCUT2D eigenvalue weighted by Crippen LogP contribution is -2.39. The molecule has 0 unspecified atom stereocenters.